The first kappa shape index (κ1) is 16.9. The van der Waals surface area contributed by atoms with E-state index in [-0.39, 0.29) is 0 Å². The second-order valence-corrected chi connectivity index (χ2v) is 6.18. The monoisotopic (exact) mass is 361 g/mol. The minimum Gasteiger partial charge on any atom is -0.494 e. The first-order valence-corrected chi connectivity index (χ1v) is 8.47. The van der Waals surface area contributed by atoms with E-state index in [1.165, 1.54) is 0 Å². The number of anilines is 2. The SMILES string of the molecule is COc1cccc2c(C)nc(Nc3nccc(-c4cn(C)nc4C)n3)nc12. The Morgan fingerprint density at radius 1 is 1.00 bits per heavy atom. The number of methoxy groups -OCH3 is 1. The van der Waals surface area contributed by atoms with Crippen LogP contribution in [-0.2, 0) is 7.05 Å². The van der Waals surface area contributed by atoms with Crippen molar-refractivity contribution in [3.8, 4) is 17.0 Å². The molecule has 4 rings (SSSR count). The van der Waals surface area contributed by atoms with Crippen LogP contribution in [0.1, 0.15) is 11.4 Å². The van der Waals surface area contributed by atoms with E-state index in [4.69, 9.17) is 4.74 Å². The van der Waals surface area contributed by atoms with Gasteiger partial charge in [-0.25, -0.2) is 19.9 Å². The average molecular weight is 361 g/mol. The highest BCUT2D eigenvalue weighted by atomic mass is 16.5. The third kappa shape index (κ3) is 3.17. The molecule has 0 bridgehead atoms. The maximum Gasteiger partial charge on any atom is 0.230 e. The van der Waals surface area contributed by atoms with Crippen LogP contribution in [0.5, 0.6) is 5.75 Å². The first-order valence-electron chi connectivity index (χ1n) is 8.47. The zero-order valence-corrected chi connectivity index (χ0v) is 15.6. The summed E-state index contributed by atoms with van der Waals surface area (Å²) >= 11 is 0. The van der Waals surface area contributed by atoms with Gasteiger partial charge in [0, 0.05) is 30.4 Å². The van der Waals surface area contributed by atoms with Crippen LogP contribution in [0.4, 0.5) is 11.9 Å². The van der Waals surface area contributed by atoms with Crippen molar-refractivity contribution < 1.29 is 4.74 Å². The molecule has 0 unspecified atom stereocenters. The molecule has 3 heterocycles. The molecule has 3 aromatic heterocycles. The molecule has 4 aromatic rings. The number of nitrogens with one attached hydrogen (secondary N) is 1. The van der Waals surface area contributed by atoms with E-state index in [1.807, 2.05) is 51.4 Å². The van der Waals surface area contributed by atoms with E-state index in [0.717, 1.165) is 33.5 Å². The van der Waals surface area contributed by atoms with Crippen LogP contribution in [0.15, 0.2) is 36.7 Å². The van der Waals surface area contributed by atoms with Crippen molar-refractivity contribution in [1.29, 1.82) is 0 Å². The summed E-state index contributed by atoms with van der Waals surface area (Å²) in [5.74, 6) is 1.54. The molecule has 1 N–H and O–H groups in total. The number of aromatic nitrogens is 6. The number of para-hydroxylation sites is 1. The Kier molecular flexibility index (Phi) is 4.15. The van der Waals surface area contributed by atoms with Crippen molar-refractivity contribution in [2.75, 3.05) is 12.4 Å². The van der Waals surface area contributed by atoms with Gasteiger partial charge in [0.15, 0.2) is 0 Å². The maximum absolute atomic E-state index is 5.42. The van der Waals surface area contributed by atoms with Gasteiger partial charge in [-0.3, -0.25) is 10.00 Å². The van der Waals surface area contributed by atoms with Crippen molar-refractivity contribution in [2.24, 2.45) is 7.05 Å². The van der Waals surface area contributed by atoms with Crippen LogP contribution < -0.4 is 10.1 Å². The van der Waals surface area contributed by atoms with Gasteiger partial charge in [0.05, 0.1) is 24.2 Å². The number of nitrogens with zero attached hydrogens (tertiary/aromatic N) is 6. The molecule has 0 aliphatic rings. The van der Waals surface area contributed by atoms with Gasteiger partial charge in [0.2, 0.25) is 11.9 Å². The molecule has 27 heavy (non-hydrogen) atoms. The van der Waals surface area contributed by atoms with Gasteiger partial charge < -0.3 is 4.74 Å². The Balaban J connectivity index is 1.72. The molecular weight excluding hydrogens is 342 g/mol. The molecule has 1 aromatic carbocycles. The predicted octanol–water partition coefficient (Wildman–Crippen LogP) is 3.19. The lowest BCUT2D eigenvalue weighted by Crippen LogP contribution is -2.04. The topological polar surface area (TPSA) is 90.6 Å². The first-order chi connectivity index (χ1) is 13.0. The Hall–Kier alpha value is -3.55. The van der Waals surface area contributed by atoms with Crippen molar-refractivity contribution >= 4 is 22.8 Å². The Bertz CT molecular complexity index is 1140. The minimum atomic E-state index is 0.421. The van der Waals surface area contributed by atoms with Gasteiger partial charge in [-0.05, 0) is 26.0 Å². The lowest BCUT2D eigenvalue weighted by atomic mass is 10.2. The van der Waals surface area contributed by atoms with Gasteiger partial charge in [-0.1, -0.05) is 12.1 Å². The van der Waals surface area contributed by atoms with Crippen LogP contribution in [0.2, 0.25) is 0 Å². The fraction of sp³-hybridized carbons (Fsp3) is 0.211. The zero-order chi connectivity index (χ0) is 19.0. The summed E-state index contributed by atoms with van der Waals surface area (Å²) in [4.78, 5) is 18.0. The van der Waals surface area contributed by atoms with Gasteiger partial charge in [0.25, 0.3) is 0 Å². The standard InChI is InChI=1S/C19H19N7O/c1-11-13-6-5-7-16(27-4)17(13)23-19(21-11)24-18-20-9-8-15(22-18)14-10-26(3)25-12(14)2/h5-10H,1-4H3,(H,20,21,22,23,24). The summed E-state index contributed by atoms with van der Waals surface area (Å²) in [6, 6.07) is 7.62. The lowest BCUT2D eigenvalue weighted by molar-refractivity contribution is 0.419. The third-order valence-corrected chi connectivity index (χ3v) is 4.27. The summed E-state index contributed by atoms with van der Waals surface area (Å²) in [5.41, 5.74) is 4.24. The number of aryl methyl sites for hydroxylation is 3. The normalized spacial score (nSPS) is 11.0. The molecule has 8 heteroatoms. The summed E-state index contributed by atoms with van der Waals surface area (Å²) in [6.07, 6.45) is 3.63. The molecule has 8 nitrogen and oxygen atoms in total. The maximum atomic E-state index is 5.42. The number of fused-ring (bicyclic) bond motifs is 1. The summed E-state index contributed by atoms with van der Waals surface area (Å²) < 4.78 is 7.19. The summed E-state index contributed by atoms with van der Waals surface area (Å²) in [5, 5.41) is 8.41. The molecule has 0 aliphatic carbocycles. The molecule has 0 atom stereocenters. The highest BCUT2D eigenvalue weighted by Gasteiger charge is 2.12. The number of ether oxygens (including phenoxy) is 1. The smallest absolute Gasteiger partial charge is 0.230 e. The lowest BCUT2D eigenvalue weighted by Gasteiger charge is -2.10. The molecule has 0 amide bonds. The van der Waals surface area contributed by atoms with E-state index in [9.17, 15) is 0 Å². The third-order valence-electron chi connectivity index (χ3n) is 4.27. The van der Waals surface area contributed by atoms with E-state index < -0.39 is 0 Å². The van der Waals surface area contributed by atoms with Crippen molar-refractivity contribution in [3.63, 3.8) is 0 Å². The number of rotatable bonds is 4. The predicted molar refractivity (Wildman–Crippen MR) is 103 cm³/mol. The van der Waals surface area contributed by atoms with Crippen LogP contribution >= 0.6 is 0 Å². The van der Waals surface area contributed by atoms with Crippen molar-refractivity contribution in [2.45, 2.75) is 13.8 Å². The zero-order valence-electron chi connectivity index (χ0n) is 15.6. The largest absolute Gasteiger partial charge is 0.494 e. The number of benzene rings is 1. The van der Waals surface area contributed by atoms with E-state index >= 15 is 0 Å². The fourth-order valence-electron chi connectivity index (χ4n) is 3.02. The molecule has 0 spiro atoms. The molecule has 0 radical (unpaired) electrons. The van der Waals surface area contributed by atoms with Crippen molar-refractivity contribution in [1.82, 2.24) is 29.7 Å². The summed E-state index contributed by atoms with van der Waals surface area (Å²) in [6.45, 7) is 3.89. The van der Waals surface area contributed by atoms with Gasteiger partial charge in [0.1, 0.15) is 11.3 Å². The Morgan fingerprint density at radius 2 is 1.85 bits per heavy atom. The van der Waals surface area contributed by atoms with Crippen LogP contribution in [0.3, 0.4) is 0 Å². The van der Waals surface area contributed by atoms with Crippen molar-refractivity contribution in [3.05, 3.63) is 48.0 Å². The molecule has 0 fully saturated rings. The van der Waals surface area contributed by atoms with E-state index in [2.05, 4.69) is 30.4 Å². The molecule has 0 aliphatic heterocycles. The average Bonchev–Trinajstić information content (AvgIpc) is 3.00. The van der Waals surface area contributed by atoms with Gasteiger partial charge in [-0.2, -0.15) is 5.10 Å². The van der Waals surface area contributed by atoms with Crippen LogP contribution in [-0.4, -0.2) is 36.8 Å². The highest BCUT2D eigenvalue weighted by Crippen LogP contribution is 2.27. The molecule has 136 valence electrons. The fourth-order valence-corrected chi connectivity index (χ4v) is 3.02. The molecule has 0 saturated heterocycles. The second kappa shape index (κ2) is 6.64. The second-order valence-electron chi connectivity index (χ2n) is 6.18. The highest BCUT2D eigenvalue weighted by molar-refractivity contribution is 5.87. The molecular formula is C19H19N7O. The summed E-state index contributed by atoms with van der Waals surface area (Å²) in [7, 11) is 3.51. The van der Waals surface area contributed by atoms with Crippen LogP contribution in [0.25, 0.3) is 22.2 Å². The quantitative estimate of drug-likeness (QED) is 0.597. The van der Waals surface area contributed by atoms with Crippen LogP contribution in [0, 0.1) is 13.8 Å². The number of hydrogen-bond acceptors (Lipinski definition) is 7. The Morgan fingerprint density at radius 3 is 2.59 bits per heavy atom. The number of hydrogen-bond donors (Lipinski definition) is 1. The molecule has 0 saturated carbocycles. The van der Waals surface area contributed by atoms with Gasteiger partial charge in [-0.15, -0.1) is 0 Å². The van der Waals surface area contributed by atoms with Gasteiger partial charge >= 0.3 is 0 Å². The Labute approximate surface area is 156 Å². The van der Waals surface area contributed by atoms with E-state index in [1.54, 1.807) is 18.0 Å². The van der Waals surface area contributed by atoms with E-state index in [0.29, 0.717) is 17.6 Å². The minimum absolute atomic E-state index is 0.421.